The highest BCUT2D eigenvalue weighted by atomic mass is 35.5. The second-order valence-electron chi connectivity index (χ2n) is 6.90. The molecule has 0 bridgehead atoms. The second-order valence-corrected chi connectivity index (χ2v) is 7.37. The van der Waals surface area contributed by atoms with E-state index in [0.29, 0.717) is 11.5 Å². The first-order valence-corrected chi connectivity index (χ1v) is 8.07. The summed E-state index contributed by atoms with van der Waals surface area (Å²) >= 11 is 6.79. The van der Waals surface area contributed by atoms with Crippen molar-refractivity contribution in [3.63, 3.8) is 0 Å². The zero-order valence-corrected chi connectivity index (χ0v) is 13.6. The number of aryl methyl sites for hydroxylation is 1. The van der Waals surface area contributed by atoms with Crippen LogP contribution in [-0.2, 0) is 7.05 Å². The van der Waals surface area contributed by atoms with E-state index in [2.05, 4.69) is 13.8 Å². The molecule has 0 N–H and O–H groups in total. The van der Waals surface area contributed by atoms with E-state index in [0.717, 1.165) is 17.5 Å². The zero-order valence-electron chi connectivity index (χ0n) is 12.9. The minimum atomic E-state index is -0.328. The molecule has 4 heteroatoms. The molecule has 1 aliphatic rings. The van der Waals surface area contributed by atoms with E-state index in [1.54, 1.807) is 7.05 Å². The van der Waals surface area contributed by atoms with Crippen LogP contribution < -0.4 is 5.76 Å². The summed E-state index contributed by atoms with van der Waals surface area (Å²) in [5.41, 5.74) is 2.75. The molecule has 0 radical (unpaired) electrons. The molecule has 2 unspecified atom stereocenters. The number of rotatable bonds is 2. The monoisotopic (exact) mass is 307 g/mol. The Bertz CT molecular complexity index is 713. The number of hydrogen-bond donors (Lipinski definition) is 0. The molecule has 0 spiro atoms. The summed E-state index contributed by atoms with van der Waals surface area (Å²) in [5, 5.41) is -0.0322. The summed E-state index contributed by atoms with van der Waals surface area (Å²) in [5.74, 6) is 0.132. The van der Waals surface area contributed by atoms with E-state index in [4.69, 9.17) is 16.0 Å². The highest BCUT2D eigenvalue weighted by molar-refractivity contribution is 6.21. The summed E-state index contributed by atoms with van der Waals surface area (Å²) < 4.78 is 6.80. The molecule has 0 amide bonds. The molecule has 1 heterocycles. The minimum Gasteiger partial charge on any atom is -0.408 e. The van der Waals surface area contributed by atoms with Crippen LogP contribution in [0.4, 0.5) is 0 Å². The molecular formula is C17H22ClNO2. The largest absolute Gasteiger partial charge is 0.419 e. The van der Waals surface area contributed by atoms with Crippen molar-refractivity contribution in [3.05, 3.63) is 34.3 Å². The Morgan fingerprint density at radius 2 is 2.14 bits per heavy atom. The molecule has 3 rings (SSSR count). The first kappa shape index (κ1) is 14.7. The normalized spacial score (nSPS) is 23.3. The lowest BCUT2D eigenvalue weighted by Gasteiger charge is -2.41. The summed E-state index contributed by atoms with van der Waals surface area (Å²) in [6.45, 7) is 4.63. The summed E-state index contributed by atoms with van der Waals surface area (Å²) in [6, 6.07) is 5.89. The highest BCUT2D eigenvalue weighted by Crippen LogP contribution is 2.49. The van der Waals surface area contributed by atoms with Gasteiger partial charge in [-0.2, -0.15) is 0 Å². The smallest absolute Gasteiger partial charge is 0.408 e. The van der Waals surface area contributed by atoms with Crippen LogP contribution in [0.3, 0.4) is 0 Å². The van der Waals surface area contributed by atoms with Crippen LogP contribution in [0.25, 0.3) is 11.1 Å². The maximum Gasteiger partial charge on any atom is 0.419 e. The fourth-order valence-corrected chi connectivity index (χ4v) is 4.22. The van der Waals surface area contributed by atoms with Gasteiger partial charge in [0.15, 0.2) is 5.58 Å². The third-order valence-corrected chi connectivity index (χ3v) is 5.63. The number of halogens is 1. The van der Waals surface area contributed by atoms with Crippen LogP contribution in [0.1, 0.15) is 50.5 Å². The molecule has 1 fully saturated rings. The quantitative estimate of drug-likeness (QED) is 0.758. The molecule has 0 saturated heterocycles. The molecule has 1 aromatic carbocycles. The molecule has 114 valence electrons. The van der Waals surface area contributed by atoms with Crippen LogP contribution >= 0.6 is 11.6 Å². The van der Waals surface area contributed by atoms with Gasteiger partial charge in [0.05, 0.1) is 10.9 Å². The number of hydrogen-bond acceptors (Lipinski definition) is 2. The first-order chi connectivity index (χ1) is 9.90. The molecular weight excluding hydrogens is 286 g/mol. The van der Waals surface area contributed by atoms with Crippen LogP contribution in [-0.4, -0.2) is 4.57 Å². The van der Waals surface area contributed by atoms with Crippen molar-refractivity contribution in [2.24, 2.45) is 18.4 Å². The van der Waals surface area contributed by atoms with E-state index < -0.39 is 0 Å². The number of benzene rings is 1. The van der Waals surface area contributed by atoms with E-state index in [9.17, 15) is 4.79 Å². The summed E-state index contributed by atoms with van der Waals surface area (Å²) in [7, 11) is 1.72. The number of aromatic nitrogens is 1. The fraction of sp³-hybridized carbons (Fsp3) is 0.588. The van der Waals surface area contributed by atoms with Gasteiger partial charge >= 0.3 is 5.76 Å². The van der Waals surface area contributed by atoms with Crippen molar-refractivity contribution in [1.29, 1.82) is 0 Å². The van der Waals surface area contributed by atoms with E-state index in [-0.39, 0.29) is 16.5 Å². The van der Waals surface area contributed by atoms with Crippen molar-refractivity contribution in [2.75, 3.05) is 0 Å². The van der Waals surface area contributed by atoms with E-state index in [1.165, 1.54) is 23.8 Å². The minimum absolute atomic E-state index is 0.0322. The number of fused-ring (bicyclic) bond motifs is 1. The van der Waals surface area contributed by atoms with Gasteiger partial charge in [0.25, 0.3) is 0 Å². The Balaban J connectivity index is 1.97. The van der Waals surface area contributed by atoms with Crippen molar-refractivity contribution >= 4 is 22.7 Å². The Hall–Kier alpha value is -1.22. The topological polar surface area (TPSA) is 35.1 Å². The van der Waals surface area contributed by atoms with Crippen molar-refractivity contribution in [2.45, 2.75) is 44.9 Å². The van der Waals surface area contributed by atoms with Crippen LogP contribution in [0.5, 0.6) is 0 Å². The number of alkyl halides is 1. The SMILES string of the molecule is Cn1c(=O)oc2cc(C(Cl)C3CCCCC3(C)C)ccc21. The Morgan fingerprint density at radius 1 is 1.38 bits per heavy atom. The molecule has 2 atom stereocenters. The molecule has 2 aromatic rings. The molecule has 0 aliphatic heterocycles. The number of oxazole rings is 1. The van der Waals surface area contributed by atoms with Gasteiger partial charge in [-0.3, -0.25) is 4.57 Å². The molecule has 1 aliphatic carbocycles. The van der Waals surface area contributed by atoms with Gasteiger partial charge in [-0.05, 0) is 41.9 Å². The van der Waals surface area contributed by atoms with E-state index in [1.807, 2.05) is 18.2 Å². The van der Waals surface area contributed by atoms with Crippen LogP contribution in [0.2, 0.25) is 0 Å². The predicted octanol–water partition coefficient (Wildman–Crippen LogP) is 4.63. The lowest BCUT2D eigenvalue weighted by Crippen LogP contribution is -2.30. The molecule has 1 aromatic heterocycles. The molecule has 3 nitrogen and oxygen atoms in total. The Kier molecular flexibility index (Phi) is 3.64. The van der Waals surface area contributed by atoms with Gasteiger partial charge in [0, 0.05) is 7.05 Å². The maximum atomic E-state index is 11.6. The van der Waals surface area contributed by atoms with Gasteiger partial charge in [0.1, 0.15) is 0 Å². The second kappa shape index (κ2) is 5.20. The predicted molar refractivity (Wildman–Crippen MR) is 85.8 cm³/mol. The lowest BCUT2D eigenvalue weighted by molar-refractivity contribution is 0.133. The Morgan fingerprint density at radius 3 is 2.86 bits per heavy atom. The Labute approximate surface area is 129 Å². The average Bonchev–Trinajstić information content (AvgIpc) is 2.72. The third-order valence-electron chi connectivity index (χ3n) is 5.08. The first-order valence-electron chi connectivity index (χ1n) is 7.64. The van der Waals surface area contributed by atoms with Gasteiger partial charge < -0.3 is 4.42 Å². The van der Waals surface area contributed by atoms with Gasteiger partial charge in [-0.1, -0.05) is 32.8 Å². The fourth-order valence-electron chi connectivity index (χ4n) is 3.62. The zero-order chi connectivity index (χ0) is 15.2. The standard InChI is InChI=1S/C17H22ClNO2/c1-17(2)9-5-4-6-12(17)15(18)11-7-8-13-14(10-11)21-16(20)19(13)3/h7-8,10,12,15H,4-6,9H2,1-3H3. The van der Waals surface area contributed by atoms with Crippen LogP contribution in [0.15, 0.2) is 27.4 Å². The maximum absolute atomic E-state index is 11.6. The highest BCUT2D eigenvalue weighted by Gasteiger charge is 2.37. The van der Waals surface area contributed by atoms with Crippen molar-refractivity contribution in [3.8, 4) is 0 Å². The van der Waals surface area contributed by atoms with Gasteiger partial charge in [-0.15, -0.1) is 11.6 Å². The number of nitrogens with zero attached hydrogens (tertiary/aromatic N) is 1. The van der Waals surface area contributed by atoms with Crippen molar-refractivity contribution in [1.82, 2.24) is 4.57 Å². The lowest BCUT2D eigenvalue weighted by atomic mass is 9.66. The van der Waals surface area contributed by atoms with Crippen molar-refractivity contribution < 1.29 is 4.42 Å². The average molecular weight is 308 g/mol. The van der Waals surface area contributed by atoms with E-state index >= 15 is 0 Å². The van der Waals surface area contributed by atoms with Gasteiger partial charge in [-0.25, -0.2) is 4.79 Å². The van der Waals surface area contributed by atoms with Crippen LogP contribution in [0, 0.1) is 11.3 Å². The third kappa shape index (κ3) is 2.52. The summed E-state index contributed by atoms with van der Waals surface area (Å²) in [6.07, 6.45) is 4.93. The molecule has 1 saturated carbocycles. The summed E-state index contributed by atoms with van der Waals surface area (Å²) in [4.78, 5) is 11.6. The van der Waals surface area contributed by atoms with Gasteiger partial charge in [0.2, 0.25) is 0 Å². The molecule has 21 heavy (non-hydrogen) atoms.